The number of rotatable bonds is 9. The van der Waals surface area contributed by atoms with Crippen LogP contribution < -0.4 is 10.1 Å². The predicted octanol–water partition coefficient (Wildman–Crippen LogP) is 5.90. The number of nitrogens with zero attached hydrogens (tertiary/aromatic N) is 2. The van der Waals surface area contributed by atoms with Gasteiger partial charge < -0.3 is 10.1 Å². The van der Waals surface area contributed by atoms with Gasteiger partial charge in [0.1, 0.15) is 16.8 Å². The first kappa shape index (κ1) is 19.8. The van der Waals surface area contributed by atoms with Crippen LogP contribution >= 0.6 is 11.7 Å². The monoisotopic (exact) mass is 409 g/mol. The summed E-state index contributed by atoms with van der Waals surface area (Å²) in [6.45, 7) is 2.99. The van der Waals surface area contributed by atoms with Crippen molar-refractivity contribution >= 4 is 34.4 Å². The SMILES string of the molecule is CCCCCCCCOc1ccc([C@@H]2CC(=O)Nc3ccc4nsnc4c32)cc1. The van der Waals surface area contributed by atoms with E-state index in [9.17, 15) is 4.79 Å². The fourth-order valence-electron chi connectivity index (χ4n) is 3.98. The molecule has 0 aliphatic carbocycles. The first-order valence-electron chi connectivity index (χ1n) is 10.5. The third kappa shape index (κ3) is 4.58. The molecular weight excluding hydrogens is 382 g/mol. The second-order valence-electron chi connectivity index (χ2n) is 7.65. The number of nitrogens with one attached hydrogen (secondary N) is 1. The molecule has 6 heteroatoms. The summed E-state index contributed by atoms with van der Waals surface area (Å²) in [5.74, 6) is 0.906. The van der Waals surface area contributed by atoms with Crippen molar-refractivity contribution in [2.75, 3.05) is 11.9 Å². The van der Waals surface area contributed by atoms with Crippen LogP contribution in [0.25, 0.3) is 11.0 Å². The number of amides is 1. The Morgan fingerprint density at radius 3 is 2.66 bits per heavy atom. The van der Waals surface area contributed by atoms with E-state index in [1.54, 1.807) is 0 Å². The number of hydrogen-bond donors (Lipinski definition) is 1. The van der Waals surface area contributed by atoms with Gasteiger partial charge in [0.2, 0.25) is 5.91 Å². The Balaban J connectivity index is 1.43. The van der Waals surface area contributed by atoms with Gasteiger partial charge in [0.05, 0.1) is 18.3 Å². The Labute approximate surface area is 175 Å². The minimum absolute atomic E-state index is 0.0148. The largest absolute Gasteiger partial charge is 0.494 e. The van der Waals surface area contributed by atoms with Crippen molar-refractivity contribution in [3.63, 3.8) is 0 Å². The minimum Gasteiger partial charge on any atom is -0.494 e. The van der Waals surface area contributed by atoms with Crippen LogP contribution in [0.3, 0.4) is 0 Å². The van der Waals surface area contributed by atoms with Gasteiger partial charge in [-0.25, -0.2) is 0 Å². The van der Waals surface area contributed by atoms with Crippen LogP contribution in [-0.2, 0) is 4.79 Å². The molecule has 5 nitrogen and oxygen atoms in total. The number of ether oxygens (including phenoxy) is 1. The molecule has 2 aromatic carbocycles. The van der Waals surface area contributed by atoms with Crippen LogP contribution in [0.4, 0.5) is 5.69 Å². The molecule has 0 unspecified atom stereocenters. The maximum Gasteiger partial charge on any atom is 0.225 e. The molecule has 1 aromatic heterocycles. The molecule has 3 aromatic rings. The molecule has 2 heterocycles. The van der Waals surface area contributed by atoms with E-state index in [2.05, 4.69) is 33.1 Å². The molecule has 1 aliphatic heterocycles. The lowest BCUT2D eigenvalue weighted by atomic mass is 9.84. The van der Waals surface area contributed by atoms with Gasteiger partial charge in [-0.05, 0) is 36.2 Å². The quantitative estimate of drug-likeness (QED) is 0.447. The normalized spacial score (nSPS) is 15.9. The smallest absolute Gasteiger partial charge is 0.225 e. The molecule has 0 fully saturated rings. The van der Waals surface area contributed by atoms with E-state index in [0.717, 1.165) is 46.6 Å². The van der Waals surface area contributed by atoms with Crippen molar-refractivity contribution in [2.45, 2.75) is 57.8 Å². The molecule has 1 N–H and O–H groups in total. The lowest BCUT2D eigenvalue weighted by Crippen LogP contribution is -2.23. The van der Waals surface area contributed by atoms with Crippen molar-refractivity contribution < 1.29 is 9.53 Å². The van der Waals surface area contributed by atoms with E-state index in [4.69, 9.17) is 4.74 Å². The summed E-state index contributed by atoms with van der Waals surface area (Å²) >= 11 is 1.21. The molecule has 0 saturated heterocycles. The first-order valence-corrected chi connectivity index (χ1v) is 11.3. The number of anilines is 1. The second kappa shape index (κ2) is 9.35. The van der Waals surface area contributed by atoms with Gasteiger partial charge in [-0.2, -0.15) is 8.75 Å². The summed E-state index contributed by atoms with van der Waals surface area (Å²) in [7, 11) is 0. The number of benzene rings is 2. The van der Waals surface area contributed by atoms with Gasteiger partial charge in [0.25, 0.3) is 0 Å². The Morgan fingerprint density at radius 1 is 1.03 bits per heavy atom. The average molecular weight is 410 g/mol. The van der Waals surface area contributed by atoms with Gasteiger partial charge in [-0.3, -0.25) is 4.79 Å². The first-order chi connectivity index (χ1) is 14.3. The fraction of sp³-hybridized carbons (Fsp3) is 0.435. The molecular formula is C23H27N3O2S. The Kier molecular flexibility index (Phi) is 6.39. The number of unbranched alkanes of at least 4 members (excludes halogenated alkanes) is 5. The highest BCUT2D eigenvalue weighted by atomic mass is 32.1. The van der Waals surface area contributed by atoms with Crippen molar-refractivity contribution in [3.05, 3.63) is 47.5 Å². The molecule has 4 rings (SSSR count). The van der Waals surface area contributed by atoms with Crippen LogP contribution in [0.1, 0.15) is 68.9 Å². The van der Waals surface area contributed by atoms with Crippen LogP contribution in [0.2, 0.25) is 0 Å². The summed E-state index contributed by atoms with van der Waals surface area (Å²) in [5.41, 5.74) is 4.79. The predicted molar refractivity (Wildman–Crippen MR) is 118 cm³/mol. The van der Waals surface area contributed by atoms with Gasteiger partial charge in [-0.15, -0.1) is 0 Å². The summed E-state index contributed by atoms with van der Waals surface area (Å²) < 4.78 is 14.7. The van der Waals surface area contributed by atoms with E-state index in [-0.39, 0.29) is 11.8 Å². The van der Waals surface area contributed by atoms with E-state index in [1.165, 1.54) is 43.8 Å². The number of carbonyl (C=O) groups is 1. The van der Waals surface area contributed by atoms with Crippen molar-refractivity contribution in [1.82, 2.24) is 8.75 Å². The zero-order valence-corrected chi connectivity index (χ0v) is 17.6. The maximum atomic E-state index is 12.3. The molecule has 0 radical (unpaired) electrons. The van der Waals surface area contributed by atoms with E-state index in [1.807, 2.05) is 24.3 Å². The number of hydrogen-bond acceptors (Lipinski definition) is 5. The number of aromatic nitrogens is 2. The van der Waals surface area contributed by atoms with Crippen LogP contribution in [0.5, 0.6) is 5.75 Å². The fourth-order valence-corrected chi connectivity index (χ4v) is 4.52. The topological polar surface area (TPSA) is 64.1 Å². The Bertz CT molecular complexity index is 968. The van der Waals surface area contributed by atoms with Crippen molar-refractivity contribution in [1.29, 1.82) is 0 Å². The standard InChI is InChI=1S/C23H27N3O2S/c1-2-3-4-5-6-7-14-28-17-10-8-16(9-11-17)18-15-21(27)24-19-12-13-20-23(22(18)19)26-29-25-20/h8-13,18H,2-7,14-15H2,1H3,(H,24,27)/t18-/m0/s1. The Morgan fingerprint density at radius 2 is 1.83 bits per heavy atom. The van der Waals surface area contributed by atoms with Gasteiger partial charge in [-0.1, -0.05) is 51.2 Å². The van der Waals surface area contributed by atoms with E-state index < -0.39 is 0 Å². The van der Waals surface area contributed by atoms with Crippen LogP contribution in [-0.4, -0.2) is 21.3 Å². The molecule has 0 spiro atoms. The average Bonchev–Trinajstić information content (AvgIpc) is 3.22. The van der Waals surface area contributed by atoms with Gasteiger partial charge >= 0.3 is 0 Å². The molecule has 0 saturated carbocycles. The minimum atomic E-state index is -0.0148. The second-order valence-corrected chi connectivity index (χ2v) is 8.18. The summed E-state index contributed by atoms with van der Waals surface area (Å²) in [6.07, 6.45) is 7.96. The van der Waals surface area contributed by atoms with E-state index >= 15 is 0 Å². The molecule has 1 aliphatic rings. The van der Waals surface area contributed by atoms with Crippen LogP contribution in [0.15, 0.2) is 36.4 Å². The number of fused-ring (bicyclic) bond motifs is 3. The summed E-state index contributed by atoms with van der Waals surface area (Å²) in [4.78, 5) is 12.3. The maximum absolute atomic E-state index is 12.3. The van der Waals surface area contributed by atoms with Crippen molar-refractivity contribution in [2.24, 2.45) is 0 Å². The number of carbonyl (C=O) groups excluding carboxylic acids is 1. The molecule has 29 heavy (non-hydrogen) atoms. The molecule has 1 amide bonds. The van der Waals surface area contributed by atoms with Gasteiger partial charge in [0.15, 0.2) is 0 Å². The molecule has 0 bridgehead atoms. The van der Waals surface area contributed by atoms with Gasteiger partial charge in [0, 0.05) is 23.6 Å². The zero-order chi connectivity index (χ0) is 20.1. The lowest BCUT2D eigenvalue weighted by molar-refractivity contribution is -0.116. The Hall–Kier alpha value is -2.47. The molecule has 152 valence electrons. The third-order valence-corrected chi connectivity index (χ3v) is 6.07. The highest BCUT2D eigenvalue weighted by Crippen LogP contribution is 2.41. The summed E-state index contributed by atoms with van der Waals surface area (Å²) in [5, 5.41) is 2.98. The van der Waals surface area contributed by atoms with Crippen LogP contribution in [0, 0.1) is 0 Å². The third-order valence-electron chi connectivity index (χ3n) is 5.53. The zero-order valence-electron chi connectivity index (χ0n) is 16.8. The highest BCUT2D eigenvalue weighted by molar-refractivity contribution is 7.00. The highest BCUT2D eigenvalue weighted by Gasteiger charge is 2.29. The lowest BCUT2D eigenvalue weighted by Gasteiger charge is -2.26. The van der Waals surface area contributed by atoms with E-state index in [0.29, 0.717) is 6.42 Å². The molecule has 1 atom stereocenters. The summed E-state index contributed by atoms with van der Waals surface area (Å²) in [6, 6.07) is 12.0. The van der Waals surface area contributed by atoms with Crippen molar-refractivity contribution in [3.8, 4) is 5.75 Å².